The van der Waals surface area contributed by atoms with E-state index in [9.17, 15) is 13.2 Å². The number of hydrogen-bond acceptors (Lipinski definition) is 3. The second-order valence-corrected chi connectivity index (χ2v) is 7.67. The van der Waals surface area contributed by atoms with Gasteiger partial charge in [0, 0.05) is 30.4 Å². The number of nitrogens with zero attached hydrogens (tertiary/aromatic N) is 1. The second-order valence-electron chi connectivity index (χ2n) is 4.91. The van der Waals surface area contributed by atoms with Gasteiger partial charge in [-0.1, -0.05) is 23.7 Å². The Morgan fingerprint density at radius 2 is 2.00 bits per heavy atom. The lowest BCUT2D eigenvalue weighted by Crippen LogP contribution is -2.30. The molecule has 108 valence electrons. The van der Waals surface area contributed by atoms with E-state index in [-0.39, 0.29) is 12.5 Å². The van der Waals surface area contributed by atoms with Gasteiger partial charge in [-0.2, -0.15) is 0 Å². The number of rotatable bonds is 3. The molecule has 1 fully saturated rings. The number of carbonyl (C=O) groups excluding carboxylic acids is 1. The molecule has 0 radical (unpaired) electrons. The zero-order valence-corrected chi connectivity index (χ0v) is 12.7. The van der Waals surface area contributed by atoms with Crippen LogP contribution in [0.3, 0.4) is 0 Å². The largest absolute Gasteiger partial charge is 0.338 e. The first-order chi connectivity index (χ1) is 9.36. The van der Waals surface area contributed by atoms with E-state index in [4.69, 9.17) is 11.6 Å². The molecule has 0 bridgehead atoms. The van der Waals surface area contributed by atoms with Crippen molar-refractivity contribution in [3.63, 3.8) is 0 Å². The molecule has 0 N–H and O–H groups in total. The third-order valence-corrected chi connectivity index (χ3v) is 5.20. The highest BCUT2D eigenvalue weighted by Gasteiger charge is 2.31. The van der Waals surface area contributed by atoms with Crippen LogP contribution in [0.5, 0.6) is 0 Å². The van der Waals surface area contributed by atoms with Gasteiger partial charge in [-0.05, 0) is 30.2 Å². The average Bonchev–Trinajstić information content (AvgIpc) is 2.87. The number of carbonyl (C=O) groups is 1. The van der Waals surface area contributed by atoms with E-state index in [1.807, 2.05) is 12.1 Å². The van der Waals surface area contributed by atoms with E-state index in [1.54, 1.807) is 23.1 Å². The molecule has 1 saturated heterocycles. The lowest BCUT2D eigenvalue weighted by atomic mass is 10.2. The lowest BCUT2D eigenvalue weighted by molar-refractivity contribution is -0.124. The minimum absolute atomic E-state index is 0.161. The van der Waals surface area contributed by atoms with Gasteiger partial charge in [0.25, 0.3) is 0 Å². The van der Waals surface area contributed by atoms with Crippen LogP contribution in [-0.4, -0.2) is 43.8 Å². The number of benzene rings is 1. The van der Waals surface area contributed by atoms with E-state index in [0.29, 0.717) is 18.0 Å². The van der Waals surface area contributed by atoms with E-state index < -0.39 is 15.1 Å². The van der Waals surface area contributed by atoms with Crippen LogP contribution in [-0.2, 0) is 14.6 Å². The molecule has 1 aliphatic rings. The number of hydrogen-bond donors (Lipinski definition) is 0. The highest BCUT2D eigenvalue weighted by Crippen LogP contribution is 2.17. The molecule has 0 saturated carbocycles. The maximum absolute atomic E-state index is 12.0. The highest BCUT2D eigenvalue weighted by molar-refractivity contribution is 7.91. The Morgan fingerprint density at radius 3 is 2.55 bits per heavy atom. The summed E-state index contributed by atoms with van der Waals surface area (Å²) in [6, 6.07) is 7.13. The van der Waals surface area contributed by atoms with Crippen LogP contribution in [0.2, 0.25) is 5.02 Å². The molecule has 1 amide bonds. The first-order valence-electron chi connectivity index (χ1n) is 6.27. The summed E-state index contributed by atoms with van der Waals surface area (Å²) in [4.78, 5) is 13.5. The smallest absolute Gasteiger partial charge is 0.246 e. The second kappa shape index (κ2) is 5.97. The Morgan fingerprint density at radius 1 is 1.35 bits per heavy atom. The van der Waals surface area contributed by atoms with Crippen LogP contribution >= 0.6 is 11.6 Å². The molecule has 1 aliphatic heterocycles. The summed E-state index contributed by atoms with van der Waals surface area (Å²) in [6.07, 6.45) is 4.90. The predicted molar refractivity (Wildman–Crippen MR) is 80.3 cm³/mol. The lowest BCUT2D eigenvalue weighted by Gasteiger charge is -2.13. The third kappa shape index (κ3) is 3.84. The van der Waals surface area contributed by atoms with Crippen molar-refractivity contribution in [2.24, 2.45) is 0 Å². The van der Waals surface area contributed by atoms with Crippen molar-refractivity contribution < 1.29 is 13.2 Å². The molecule has 1 aromatic rings. The maximum atomic E-state index is 12.0. The van der Waals surface area contributed by atoms with Gasteiger partial charge in [-0.15, -0.1) is 0 Å². The minimum atomic E-state index is -3.07. The monoisotopic (exact) mass is 313 g/mol. The summed E-state index contributed by atoms with van der Waals surface area (Å²) in [7, 11) is -3.07. The molecule has 0 aromatic heterocycles. The summed E-state index contributed by atoms with van der Waals surface area (Å²) < 4.78 is 22.9. The fourth-order valence-electron chi connectivity index (χ4n) is 2.12. The van der Waals surface area contributed by atoms with E-state index in [1.165, 1.54) is 12.3 Å². The first-order valence-corrected chi connectivity index (χ1v) is 8.61. The van der Waals surface area contributed by atoms with Crippen LogP contribution in [0.4, 0.5) is 0 Å². The van der Waals surface area contributed by atoms with Gasteiger partial charge in [0.05, 0.1) is 5.25 Å². The number of sulfone groups is 1. The Balaban J connectivity index is 1.98. The Bertz CT molecular complexity index is 622. The molecule has 1 aromatic carbocycles. The van der Waals surface area contributed by atoms with Crippen LogP contribution < -0.4 is 0 Å². The summed E-state index contributed by atoms with van der Waals surface area (Å²) in [5, 5.41) is 0.208. The fourth-order valence-corrected chi connectivity index (χ4v) is 3.23. The van der Waals surface area contributed by atoms with E-state index in [0.717, 1.165) is 5.56 Å². The highest BCUT2D eigenvalue weighted by atomic mass is 35.5. The van der Waals surface area contributed by atoms with Crippen molar-refractivity contribution in [2.75, 3.05) is 19.3 Å². The molecule has 1 heterocycles. The Hall–Kier alpha value is -1.33. The first kappa shape index (κ1) is 15.1. The molecule has 0 aliphatic carbocycles. The standard InChI is InChI=1S/C14H16ClNO3S/c1-20(18,19)13-8-9-16(10-13)14(17)7-4-11-2-5-12(15)6-3-11/h2-7,13H,8-10H2,1H3/b7-4+. The summed E-state index contributed by atoms with van der Waals surface area (Å²) in [5.41, 5.74) is 0.876. The molecular weight excluding hydrogens is 298 g/mol. The molecule has 20 heavy (non-hydrogen) atoms. The maximum Gasteiger partial charge on any atom is 0.246 e. The molecular formula is C14H16ClNO3S. The van der Waals surface area contributed by atoms with Gasteiger partial charge in [0.2, 0.25) is 5.91 Å². The fraction of sp³-hybridized carbons (Fsp3) is 0.357. The Labute approximate surface area is 124 Å². The minimum Gasteiger partial charge on any atom is -0.338 e. The van der Waals surface area contributed by atoms with Gasteiger partial charge in [0.15, 0.2) is 9.84 Å². The van der Waals surface area contributed by atoms with Crippen LogP contribution in [0.15, 0.2) is 30.3 Å². The summed E-state index contributed by atoms with van der Waals surface area (Å²) in [5.74, 6) is -0.161. The van der Waals surface area contributed by atoms with Crippen LogP contribution in [0, 0.1) is 0 Å². The SMILES string of the molecule is CS(=O)(=O)C1CCN(C(=O)/C=C/c2ccc(Cl)cc2)C1. The van der Waals surface area contributed by atoms with Crippen molar-refractivity contribution >= 4 is 33.4 Å². The van der Waals surface area contributed by atoms with Crippen molar-refractivity contribution in [1.82, 2.24) is 4.90 Å². The van der Waals surface area contributed by atoms with Crippen LogP contribution in [0.1, 0.15) is 12.0 Å². The molecule has 0 spiro atoms. The van der Waals surface area contributed by atoms with E-state index >= 15 is 0 Å². The number of halogens is 1. The molecule has 1 unspecified atom stereocenters. The zero-order chi connectivity index (χ0) is 14.8. The topological polar surface area (TPSA) is 54.5 Å². The Kier molecular flexibility index (Phi) is 4.50. The molecule has 1 atom stereocenters. The quantitative estimate of drug-likeness (QED) is 0.802. The summed E-state index contributed by atoms with van der Waals surface area (Å²) in [6.45, 7) is 0.768. The summed E-state index contributed by atoms with van der Waals surface area (Å²) >= 11 is 5.78. The van der Waals surface area contributed by atoms with Gasteiger partial charge >= 0.3 is 0 Å². The van der Waals surface area contributed by atoms with Crippen molar-refractivity contribution in [2.45, 2.75) is 11.7 Å². The normalized spacial score (nSPS) is 19.7. The number of likely N-dealkylation sites (tertiary alicyclic amines) is 1. The van der Waals surface area contributed by atoms with Crippen molar-refractivity contribution in [1.29, 1.82) is 0 Å². The molecule has 4 nitrogen and oxygen atoms in total. The third-order valence-electron chi connectivity index (χ3n) is 3.35. The average molecular weight is 314 g/mol. The molecule has 2 rings (SSSR count). The van der Waals surface area contributed by atoms with E-state index in [2.05, 4.69) is 0 Å². The zero-order valence-electron chi connectivity index (χ0n) is 11.1. The predicted octanol–water partition coefficient (Wildman–Crippen LogP) is 2.00. The van der Waals surface area contributed by atoms with Crippen LogP contribution in [0.25, 0.3) is 6.08 Å². The van der Waals surface area contributed by atoms with Gasteiger partial charge in [-0.25, -0.2) is 8.42 Å². The van der Waals surface area contributed by atoms with Gasteiger partial charge in [-0.3, -0.25) is 4.79 Å². The van der Waals surface area contributed by atoms with Crippen molar-refractivity contribution in [3.05, 3.63) is 40.9 Å². The van der Waals surface area contributed by atoms with Gasteiger partial charge < -0.3 is 4.90 Å². The number of amides is 1. The molecule has 6 heteroatoms. The van der Waals surface area contributed by atoms with Gasteiger partial charge in [0.1, 0.15) is 0 Å². The van der Waals surface area contributed by atoms with Crippen molar-refractivity contribution in [3.8, 4) is 0 Å².